The zero-order valence-electron chi connectivity index (χ0n) is 9.59. The van der Waals surface area contributed by atoms with Gasteiger partial charge in [-0.1, -0.05) is 24.3 Å². The van der Waals surface area contributed by atoms with E-state index in [0.29, 0.717) is 0 Å². The summed E-state index contributed by atoms with van der Waals surface area (Å²) < 4.78 is 4.62. The number of rotatable bonds is 3. The number of carbonyl (C=O) groups is 1. The molecular formula is C13H14N2O2. The number of methoxy groups -OCH3 is 1. The zero-order valence-corrected chi connectivity index (χ0v) is 9.59. The lowest BCUT2D eigenvalue weighted by molar-refractivity contribution is -0.141. The highest BCUT2D eigenvalue weighted by Gasteiger charge is 2.14. The highest BCUT2D eigenvalue weighted by molar-refractivity contribution is 5.82. The number of hydrogen-bond acceptors (Lipinski definition) is 4. The van der Waals surface area contributed by atoms with Crippen LogP contribution in [0.25, 0.3) is 10.9 Å². The Kier molecular flexibility index (Phi) is 3.35. The number of pyridine rings is 1. The second-order valence-corrected chi connectivity index (χ2v) is 3.81. The van der Waals surface area contributed by atoms with Gasteiger partial charge in [-0.25, -0.2) is 0 Å². The largest absolute Gasteiger partial charge is 0.469 e. The molecule has 17 heavy (non-hydrogen) atoms. The van der Waals surface area contributed by atoms with Crippen molar-refractivity contribution in [3.05, 3.63) is 42.1 Å². The van der Waals surface area contributed by atoms with E-state index in [2.05, 4.69) is 9.72 Å². The quantitative estimate of drug-likeness (QED) is 0.816. The number of hydrogen-bond donors (Lipinski definition) is 1. The second-order valence-electron chi connectivity index (χ2n) is 3.81. The second kappa shape index (κ2) is 4.93. The van der Waals surface area contributed by atoms with Gasteiger partial charge in [-0.3, -0.25) is 9.78 Å². The summed E-state index contributed by atoms with van der Waals surface area (Å²) in [5.74, 6) is -0.314. The molecule has 0 aliphatic heterocycles. The SMILES string of the molecule is COC(=O)C[C@H](N)c1cccc2cccnc12. The Morgan fingerprint density at radius 3 is 2.94 bits per heavy atom. The molecule has 0 unspecified atom stereocenters. The van der Waals surface area contributed by atoms with Gasteiger partial charge in [0.2, 0.25) is 0 Å². The molecular weight excluding hydrogens is 216 g/mol. The predicted octanol–water partition coefficient (Wildman–Crippen LogP) is 1.80. The molecule has 0 bridgehead atoms. The number of carbonyl (C=O) groups excluding carboxylic acids is 1. The van der Waals surface area contributed by atoms with Crippen LogP contribution in [0, 0.1) is 0 Å². The molecule has 1 aromatic carbocycles. The molecule has 0 radical (unpaired) electrons. The Morgan fingerprint density at radius 2 is 2.18 bits per heavy atom. The van der Waals surface area contributed by atoms with Crippen LogP contribution in [0.1, 0.15) is 18.0 Å². The summed E-state index contributed by atoms with van der Waals surface area (Å²) in [5, 5.41) is 1.02. The Bertz CT molecular complexity index is 534. The molecule has 0 saturated heterocycles. The van der Waals surface area contributed by atoms with Gasteiger partial charge in [0.15, 0.2) is 0 Å². The van der Waals surface area contributed by atoms with Crippen molar-refractivity contribution in [3.63, 3.8) is 0 Å². The maximum atomic E-state index is 11.2. The van der Waals surface area contributed by atoms with Crippen LogP contribution < -0.4 is 5.73 Å². The summed E-state index contributed by atoms with van der Waals surface area (Å²) in [6, 6.07) is 9.23. The number of nitrogens with two attached hydrogens (primary N) is 1. The first-order valence-corrected chi connectivity index (χ1v) is 5.38. The van der Waals surface area contributed by atoms with Crippen LogP contribution in [-0.2, 0) is 9.53 Å². The van der Waals surface area contributed by atoms with Gasteiger partial charge < -0.3 is 10.5 Å². The summed E-state index contributed by atoms with van der Waals surface area (Å²) in [6.45, 7) is 0. The maximum Gasteiger partial charge on any atom is 0.307 e. The number of ether oxygens (including phenoxy) is 1. The number of aromatic nitrogens is 1. The fraction of sp³-hybridized carbons (Fsp3) is 0.231. The first kappa shape index (κ1) is 11.5. The molecule has 0 spiro atoms. The molecule has 4 nitrogen and oxygen atoms in total. The van der Waals surface area contributed by atoms with Gasteiger partial charge in [0, 0.05) is 17.6 Å². The Labute approximate surface area is 99.4 Å². The van der Waals surface area contributed by atoms with Crippen molar-refractivity contribution < 1.29 is 9.53 Å². The molecule has 2 aromatic rings. The minimum absolute atomic E-state index is 0.159. The van der Waals surface area contributed by atoms with Crippen LogP contribution in [0.4, 0.5) is 0 Å². The zero-order chi connectivity index (χ0) is 12.3. The lowest BCUT2D eigenvalue weighted by Crippen LogP contribution is -2.16. The van der Waals surface area contributed by atoms with Crippen LogP contribution >= 0.6 is 0 Å². The molecule has 1 aromatic heterocycles. The van der Waals surface area contributed by atoms with E-state index in [0.717, 1.165) is 16.5 Å². The molecule has 1 atom stereocenters. The van der Waals surface area contributed by atoms with E-state index in [1.54, 1.807) is 6.20 Å². The molecule has 0 aliphatic carbocycles. The topological polar surface area (TPSA) is 65.2 Å². The van der Waals surface area contributed by atoms with Crippen molar-refractivity contribution >= 4 is 16.9 Å². The minimum Gasteiger partial charge on any atom is -0.469 e. The lowest BCUT2D eigenvalue weighted by Gasteiger charge is -2.12. The average molecular weight is 230 g/mol. The van der Waals surface area contributed by atoms with E-state index >= 15 is 0 Å². The van der Waals surface area contributed by atoms with E-state index < -0.39 is 0 Å². The lowest BCUT2D eigenvalue weighted by atomic mass is 10.0. The van der Waals surface area contributed by atoms with Gasteiger partial charge >= 0.3 is 5.97 Å². The molecule has 0 amide bonds. The van der Waals surface area contributed by atoms with E-state index in [1.807, 2.05) is 30.3 Å². The van der Waals surface area contributed by atoms with Crippen LogP contribution in [0.3, 0.4) is 0 Å². The van der Waals surface area contributed by atoms with Crippen molar-refractivity contribution in [1.29, 1.82) is 0 Å². The van der Waals surface area contributed by atoms with E-state index in [1.165, 1.54) is 7.11 Å². The number of para-hydroxylation sites is 1. The third kappa shape index (κ3) is 2.42. The molecule has 0 saturated carbocycles. The van der Waals surface area contributed by atoms with Gasteiger partial charge in [0.05, 0.1) is 19.0 Å². The number of nitrogens with zero attached hydrogens (tertiary/aromatic N) is 1. The fourth-order valence-corrected chi connectivity index (χ4v) is 1.80. The van der Waals surface area contributed by atoms with Crippen molar-refractivity contribution in [2.45, 2.75) is 12.5 Å². The highest BCUT2D eigenvalue weighted by Crippen LogP contribution is 2.22. The van der Waals surface area contributed by atoms with Gasteiger partial charge in [-0.05, 0) is 11.6 Å². The number of esters is 1. The van der Waals surface area contributed by atoms with E-state index in [-0.39, 0.29) is 18.4 Å². The fourth-order valence-electron chi connectivity index (χ4n) is 1.80. The van der Waals surface area contributed by atoms with Crippen LogP contribution in [0.2, 0.25) is 0 Å². The van der Waals surface area contributed by atoms with Crippen molar-refractivity contribution in [3.8, 4) is 0 Å². The number of fused-ring (bicyclic) bond motifs is 1. The van der Waals surface area contributed by atoms with E-state index in [4.69, 9.17) is 5.73 Å². The Hall–Kier alpha value is -1.94. The summed E-state index contributed by atoms with van der Waals surface area (Å²) in [4.78, 5) is 15.5. The van der Waals surface area contributed by atoms with Crippen molar-refractivity contribution in [1.82, 2.24) is 4.98 Å². The first-order valence-electron chi connectivity index (χ1n) is 5.38. The third-order valence-electron chi connectivity index (χ3n) is 2.68. The summed E-state index contributed by atoms with van der Waals surface area (Å²) in [6.07, 6.45) is 1.88. The molecule has 2 rings (SSSR count). The monoisotopic (exact) mass is 230 g/mol. The third-order valence-corrected chi connectivity index (χ3v) is 2.68. The Morgan fingerprint density at radius 1 is 1.41 bits per heavy atom. The maximum absolute atomic E-state index is 11.2. The number of benzene rings is 1. The van der Waals surface area contributed by atoms with Gasteiger partial charge in [0.25, 0.3) is 0 Å². The summed E-state index contributed by atoms with van der Waals surface area (Å²) >= 11 is 0. The predicted molar refractivity (Wildman–Crippen MR) is 65.3 cm³/mol. The van der Waals surface area contributed by atoms with Gasteiger partial charge in [-0.15, -0.1) is 0 Å². The molecule has 0 fully saturated rings. The first-order chi connectivity index (χ1) is 8.22. The molecule has 88 valence electrons. The average Bonchev–Trinajstić information content (AvgIpc) is 2.37. The standard InChI is InChI=1S/C13H14N2O2/c1-17-12(16)8-11(14)10-6-2-4-9-5-3-7-15-13(9)10/h2-7,11H,8,14H2,1H3/t11-/m0/s1. The van der Waals surface area contributed by atoms with Crippen molar-refractivity contribution in [2.75, 3.05) is 7.11 Å². The van der Waals surface area contributed by atoms with Gasteiger partial charge in [0.1, 0.15) is 0 Å². The summed E-state index contributed by atoms with van der Waals surface area (Å²) in [7, 11) is 1.36. The minimum atomic E-state index is -0.388. The molecule has 1 heterocycles. The molecule has 2 N–H and O–H groups in total. The molecule has 0 aliphatic rings. The van der Waals surface area contributed by atoms with Crippen LogP contribution in [0.15, 0.2) is 36.5 Å². The normalized spacial score (nSPS) is 12.4. The summed E-state index contributed by atoms with van der Waals surface area (Å²) in [5.41, 5.74) is 7.70. The smallest absolute Gasteiger partial charge is 0.307 e. The highest BCUT2D eigenvalue weighted by atomic mass is 16.5. The van der Waals surface area contributed by atoms with Gasteiger partial charge in [-0.2, -0.15) is 0 Å². The van der Waals surface area contributed by atoms with Crippen LogP contribution in [-0.4, -0.2) is 18.1 Å². The van der Waals surface area contributed by atoms with E-state index in [9.17, 15) is 4.79 Å². The Balaban J connectivity index is 2.38. The van der Waals surface area contributed by atoms with Crippen LogP contribution in [0.5, 0.6) is 0 Å². The molecule has 4 heteroatoms. The van der Waals surface area contributed by atoms with Crippen molar-refractivity contribution in [2.24, 2.45) is 5.73 Å².